The molecule has 0 saturated heterocycles. The van der Waals surface area contributed by atoms with E-state index >= 15 is 0 Å². The predicted octanol–water partition coefficient (Wildman–Crippen LogP) is 5.16. The van der Waals surface area contributed by atoms with E-state index in [0.717, 1.165) is 28.0 Å². The van der Waals surface area contributed by atoms with Gasteiger partial charge in [0, 0.05) is 14.5 Å². The van der Waals surface area contributed by atoms with Crippen LogP contribution < -0.4 is 9.47 Å². The molecule has 0 aliphatic carbocycles. The maximum Gasteiger partial charge on any atom is 0.165 e. The standard InChI is InChI=1S/C16H16BrIO2/c1-2-19-15-5-3-4-13(10-17)16(15)20-11-12-6-8-14(18)9-7-12/h3-9H,2,10-11H2,1H3. The Morgan fingerprint density at radius 1 is 1.05 bits per heavy atom. The van der Waals surface area contributed by atoms with Gasteiger partial charge in [0.15, 0.2) is 11.5 Å². The van der Waals surface area contributed by atoms with Gasteiger partial charge in [-0.3, -0.25) is 0 Å². The topological polar surface area (TPSA) is 18.5 Å². The molecule has 0 spiro atoms. The van der Waals surface area contributed by atoms with Gasteiger partial charge in [-0.15, -0.1) is 0 Å². The van der Waals surface area contributed by atoms with Crippen molar-refractivity contribution in [3.8, 4) is 11.5 Å². The first-order valence-corrected chi connectivity index (χ1v) is 8.62. The summed E-state index contributed by atoms with van der Waals surface area (Å²) in [6.45, 7) is 3.15. The Labute approximate surface area is 141 Å². The lowest BCUT2D eigenvalue weighted by Crippen LogP contribution is -2.02. The molecule has 0 aliphatic rings. The summed E-state index contributed by atoms with van der Waals surface area (Å²) in [6, 6.07) is 14.3. The van der Waals surface area contributed by atoms with Gasteiger partial charge in [-0.05, 0) is 53.3 Å². The Balaban J connectivity index is 2.16. The average Bonchev–Trinajstić information content (AvgIpc) is 2.47. The third-order valence-electron chi connectivity index (χ3n) is 2.80. The van der Waals surface area contributed by atoms with E-state index in [0.29, 0.717) is 13.2 Å². The number of ether oxygens (including phenoxy) is 2. The molecule has 4 heteroatoms. The molecular weight excluding hydrogens is 431 g/mol. The van der Waals surface area contributed by atoms with Crippen LogP contribution in [0.15, 0.2) is 42.5 Å². The number of alkyl halides is 1. The van der Waals surface area contributed by atoms with Crippen molar-refractivity contribution >= 4 is 38.5 Å². The van der Waals surface area contributed by atoms with Crippen molar-refractivity contribution in [2.75, 3.05) is 6.61 Å². The first-order chi connectivity index (χ1) is 9.74. The minimum atomic E-state index is 0.543. The van der Waals surface area contributed by atoms with Crippen LogP contribution in [0.5, 0.6) is 11.5 Å². The molecule has 0 radical (unpaired) electrons. The molecule has 0 unspecified atom stereocenters. The molecule has 0 fully saturated rings. The molecule has 20 heavy (non-hydrogen) atoms. The lowest BCUT2D eigenvalue weighted by Gasteiger charge is -2.15. The van der Waals surface area contributed by atoms with E-state index < -0.39 is 0 Å². The Hall–Kier alpha value is -0.750. The summed E-state index contributed by atoms with van der Waals surface area (Å²) in [5.41, 5.74) is 2.25. The zero-order chi connectivity index (χ0) is 14.4. The van der Waals surface area contributed by atoms with Crippen molar-refractivity contribution in [3.63, 3.8) is 0 Å². The molecule has 2 rings (SSSR count). The van der Waals surface area contributed by atoms with Crippen LogP contribution in [0.25, 0.3) is 0 Å². The quantitative estimate of drug-likeness (QED) is 0.450. The Kier molecular flexibility index (Phi) is 6.16. The number of para-hydroxylation sites is 1. The van der Waals surface area contributed by atoms with Crippen LogP contribution >= 0.6 is 38.5 Å². The Morgan fingerprint density at radius 2 is 1.80 bits per heavy atom. The van der Waals surface area contributed by atoms with Crippen molar-refractivity contribution < 1.29 is 9.47 Å². The molecule has 0 heterocycles. The van der Waals surface area contributed by atoms with Crippen LogP contribution in [0.4, 0.5) is 0 Å². The highest BCUT2D eigenvalue weighted by Crippen LogP contribution is 2.33. The Bertz CT molecular complexity index is 555. The molecule has 0 N–H and O–H groups in total. The van der Waals surface area contributed by atoms with Gasteiger partial charge in [0.05, 0.1) is 6.61 Å². The SMILES string of the molecule is CCOc1cccc(CBr)c1OCc1ccc(I)cc1. The van der Waals surface area contributed by atoms with Gasteiger partial charge in [0.1, 0.15) is 6.61 Å². The van der Waals surface area contributed by atoms with Crippen LogP contribution in [0.2, 0.25) is 0 Å². The molecule has 0 aromatic heterocycles. The molecule has 2 aromatic rings. The molecular formula is C16H16BrIO2. The van der Waals surface area contributed by atoms with Gasteiger partial charge in [-0.1, -0.05) is 40.2 Å². The molecule has 106 valence electrons. The minimum absolute atomic E-state index is 0.543. The summed E-state index contributed by atoms with van der Waals surface area (Å²) in [6.07, 6.45) is 0. The van der Waals surface area contributed by atoms with Crippen molar-refractivity contribution in [2.24, 2.45) is 0 Å². The summed E-state index contributed by atoms with van der Waals surface area (Å²) in [5.74, 6) is 1.62. The zero-order valence-corrected chi connectivity index (χ0v) is 15.0. The molecule has 0 bridgehead atoms. The van der Waals surface area contributed by atoms with Crippen LogP contribution in [0.1, 0.15) is 18.1 Å². The highest BCUT2D eigenvalue weighted by atomic mass is 127. The fourth-order valence-electron chi connectivity index (χ4n) is 1.84. The van der Waals surface area contributed by atoms with Gasteiger partial charge in [0.2, 0.25) is 0 Å². The normalized spacial score (nSPS) is 10.3. The van der Waals surface area contributed by atoms with Crippen molar-refractivity contribution in [3.05, 3.63) is 57.2 Å². The van der Waals surface area contributed by atoms with Gasteiger partial charge in [-0.2, -0.15) is 0 Å². The summed E-state index contributed by atoms with van der Waals surface area (Å²) in [7, 11) is 0. The summed E-state index contributed by atoms with van der Waals surface area (Å²) in [5, 5.41) is 0.746. The molecule has 2 nitrogen and oxygen atoms in total. The minimum Gasteiger partial charge on any atom is -0.490 e. The highest BCUT2D eigenvalue weighted by molar-refractivity contribution is 14.1. The van der Waals surface area contributed by atoms with Crippen LogP contribution in [-0.2, 0) is 11.9 Å². The third-order valence-corrected chi connectivity index (χ3v) is 4.12. The first kappa shape index (κ1) is 15.6. The highest BCUT2D eigenvalue weighted by Gasteiger charge is 2.10. The van der Waals surface area contributed by atoms with Crippen molar-refractivity contribution in [1.29, 1.82) is 0 Å². The maximum absolute atomic E-state index is 5.98. The number of hydrogen-bond acceptors (Lipinski definition) is 2. The van der Waals surface area contributed by atoms with E-state index in [1.54, 1.807) is 0 Å². The van der Waals surface area contributed by atoms with Crippen LogP contribution in [0, 0.1) is 3.57 Å². The lowest BCUT2D eigenvalue weighted by molar-refractivity contribution is 0.267. The summed E-state index contributed by atoms with van der Waals surface area (Å²) in [4.78, 5) is 0. The second-order valence-corrected chi connectivity index (χ2v) is 6.03. The number of hydrogen-bond donors (Lipinski definition) is 0. The van der Waals surface area contributed by atoms with Gasteiger partial charge in [0.25, 0.3) is 0 Å². The maximum atomic E-state index is 5.98. The number of benzene rings is 2. The van der Waals surface area contributed by atoms with Crippen LogP contribution in [0.3, 0.4) is 0 Å². The van der Waals surface area contributed by atoms with Gasteiger partial charge >= 0.3 is 0 Å². The molecule has 0 amide bonds. The number of rotatable bonds is 6. The van der Waals surface area contributed by atoms with Crippen molar-refractivity contribution in [2.45, 2.75) is 18.9 Å². The van der Waals surface area contributed by atoms with Crippen molar-refractivity contribution in [1.82, 2.24) is 0 Å². The predicted molar refractivity (Wildman–Crippen MR) is 93.7 cm³/mol. The van der Waals surface area contributed by atoms with Gasteiger partial charge in [-0.25, -0.2) is 0 Å². The van der Waals surface area contributed by atoms with E-state index in [4.69, 9.17) is 9.47 Å². The zero-order valence-electron chi connectivity index (χ0n) is 11.2. The van der Waals surface area contributed by atoms with E-state index in [2.05, 4.69) is 62.8 Å². The monoisotopic (exact) mass is 446 g/mol. The number of halogens is 2. The molecule has 0 aliphatic heterocycles. The largest absolute Gasteiger partial charge is 0.490 e. The van der Waals surface area contributed by atoms with Crippen LogP contribution in [-0.4, -0.2) is 6.61 Å². The average molecular weight is 447 g/mol. The molecule has 2 aromatic carbocycles. The van der Waals surface area contributed by atoms with E-state index in [1.165, 1.54) is 3.57 Å². The first-order valence-electron chi connectivity index (χ1n) is 6.42. The lowest BCUT2D eigenvalue weighted by atomic mass is 10.2. The van der Waals surface area contributed by atoms with E-state index in [9.17, 15) is 0 Å². The molecule has 0 atom stereocenters. The summed E-state index contributed by atoms with van der Waals surface area (Å²) < 4.78 is 12.8. The summed E-state index contributed by atoms with van der Waals surface area (Å²) >= 11 is 5.79. The van der Waals surface area contributed by atoms with Gasteiger partial charge < -0.3 is 9.47 Å². The van der Waals surface area contributed by atoms with E-state index in [-0.39, 0.29) is 0 Å². The van der Waals surface area contributed by atoms with E-state index in [1.807, 2.05) is 25.1 Å². The fourth-order valence-corrected chi connectivity index (χ4v) is 2.64. The smallest absolute Gasteiger partial charge is 0.165 e. The Morgan fingerprint density at radius 3 is 2.45 bits per heavy atom. The second kappa shape index (κ2) is 7.88. The third kappa shape index (κ3) is 4.12. The second-order valence-electron chi connectivity index (χ2n) is 4.23. The molecule has 0 saturated carbocycles. The fraction of sp³-hybridized carbons (Fsp3) is 0.250.